The number of aryl methyl sites for hydroxylation is 2. The molecule has 0 amide bonds. The Balaban J connectivity index is 1.25. The van der Waals surface area contributed by atoms with E-state index in [1.54, 1.807) is 0 Å². The van der Waals surface area contributed by atoms with Gasteiger partial charge in [0.2, 0.25) is 0 Å². The molecule has 1 aliphatic heterocycles. The molecule has 2 N–H and O–H groups in total. The molecule has 0 radical (unpaired) electrons. The number of hydrogen-bond donors (Lipinski definition) is 2. The zero-order valence-electron chi connectivity index (χ0n) is 17.9. The molecule has 3 aromatic heterocycles. The quantitative estimate of drug-likeness (QED) is 0.639. The van der Waals surface area contributed by atoms with Crippen LogP contribution in [0.15, 0.2) is 24.5 Å². The molecule has 0 saturated carbocycles. The van der Waals surface area contributed by atoms with Crippen LogP contribution >= 0.6 is 0 Å². The van der Waals surface area contributed by atoms with Crippen molar-refractivity contribution in [2.45, 2.75) is 51.4 Å². The third kappa shape index (κ3) is 4.11. The Morgan fingerprint density at radius 2 is 2.00 bits per heavy atom. The number of piperazine rings is 1. The predicted octanol–water partition coefficient (Wildman–Crippen LogP) is 3.80. The zero-order chi connectivity index (χ0) is 22.3. The number of pyridine rings is 1. The van der Waals surface area contributed by atoms with Gasteiger partial charge in [-0.05, 0) is 44.7 Å². The summed E-state index contributed by atoms with van der Waals surface area (Å²) in [5, 5.41) is 7.43. The predicted molar refractivity (Wildman–Crippen MR) is 114 cm³/mol. The van der Waals surface area contributed by atoms with E-state index < -0.39 is 11.7 Å². The molecule has 170 valence electrons. The summed E-state index contributed by atoms with van der Waals surface area (Å²) in [6.07, 6.45) is 2.90. The van der Waals surface area contributed by atoms with Gasteiger partial charge in [0.25, 0.3) is 0 Å². The lowest BCUT2D eigenvalue weighted by Gasteiger charge is -2.40. The van der Waals surface area contributed by atoms with Crippen molar-refractivity contribution in [1.29, 1.82) is 0 Å². The number of nitrogens with zero attached hydrogens (tertiary/aromatic N) is 5. The maximum atomic E-state index is 12.8. The topological polar surface area (TPSA) is 76.7 Å². The number of rotatable bonds is 4. The largest absolute Gasteiger partial charge is 0.417 e. The van der Waals surface area contributed by atoms with E-state index in [1.807, 2.05) is 6.20 Å². The van der Waals surface area contributed by atoms with E-state index in [-0.39, 0.29) is 6.04 Å². The van der Waals surface area contributed by atoms with Gasteiger partial charge in [0, 0.05) is 55.9 Å². The normalized spacial score (nSPS) is 19.9. The Morgan fingerprint density at radius 3 is 2.72 bits per heavy atom. The highest BCUT2D eigenvalue weighted by atomic mass is 19.4. The van der Waals surface area contributed by atoms with E-state index in [0.717, 1.165) is 67.5 Å². The number of halogens is 3. The first-order valence-corrected chi connectivity index (χ1v) is 11.0. The van der Waals surface area contributed by atoms with Gasteiger partial charge in [-0.3, -0.25) is 10.00 Å². The molecule has 2 aliphatic rings. The molecule has 10 heteroatoms. The van der Waals surface area contributed by atoms with Crippen molar-refractivity contribution in [2.75, 3.05) is 24.5 Å². The van der Waals surface area contributed by atoms with Crippen molar-refractivity contribution in [3.05, 3.63) is 47.0 Å². The fourth-order valence-corrected chi connectivity index (χ4v) is 4.69. The lowest BCUT2D eigenvalue weighted by Crippen LogP contribution is -2.51. The molecule has 1 atom stereocenters. The molecular weight excluding hydrogens is 419 g/mol. The molecule has 4 heterocycles. The van der Waals surface area contributed by atoms with Gasteiger partial charge < -0.3 is 9.88 Å². The third-order valence-electron chi connectivity index (χ3n) is 6.37. The lowest BCUT2D eigenvalue weighted by atomic mass is 10.0. The van der Waals surface area contributed by atoms with Crippen LogP contribution in [-0.2, 0) is 25.6 Å². The maximum absolute atomic E-state index is 12.8. The van der Waals surface area contributed by atoms with Crippen LogP contribution in [0.25, 0.3) is 11.5 Å². The van der Waals surface area contributed by atoms with E-state index in [1.165, 1.54) is 24.6 Å². The van der Waals surface area contributed by atoms with Crippen LogP contribution in [0.2, 0.25) is 0 Å². The van der Waals surface area contributed by atoms with E-state index in [0.29, 0.717) is 12.4 Å². The smallest absolute Gasteiger partial charge is 0.351 e. The summed E-state index contributed by atoms with van der Waals surface area (Å²) < 4.78 is 38.5. The van der Waals surface area contributed by atoms with Gasteiger partial charge in [0.15, 0.2) is 5.82 Å². The Morgan fingerprint density at radius 1 is 1.16 bits per heavy atom. The standard InChI is InChI=1S/C22H26F3N7/c1-14-12-31(8-9-32(14)19-7-6-16(11-26-19)22(23,24)25)13-15-10-27-30-20(15)21-28-17-4-2-3-5-18(17)29-21/h6-7,10-11,14H,2-5,8-9,12-13H2,1H3,(H,27,30)(H,28,29). The lowest BCUT2D eigenvalue weighted by molar-refractivity contribution is -0.137. The minimum absolute atomic E-state index is 0.124. The first-order chi connectivity index (χ1) is 15.4. The van der Waals surface area contributed by atoms with Crippen molar-refractivity contribution >= 4 is 5.82 Å². The summed E-state index contributed by atoms with van der Waals surface area (Å²) in [6.45, 7) is 5.06. The van der Waals surface area contributed by atoms with Crippen LogP contribution < -0.4 is 4.90 Å². The first kappa shape index (κ1) is 21.0. The van der Waals surface area contributed by atoms with Crippen molar-refractivity contribution in [3.8, 4) is 11.5 Å². The second kappa shape index (κ2) is 8.23. The first-order valence-electron chi connectivity index (χ1n) is 11.0. The minimum Gasteiger partial charge on any atom is -0.351 e. The summed E-state index contributed by atoms with van der Waals surface area (Å²) in [6, 6.07) is 2.68. The monoisotopic (exact) mass is 445 g/mol. The number of aromatic amines is 2. The zero-order valence-corrected chi connectivity index (χ0v) is 17.9. The van der Waals surface area contributed by atoms with E-state index in [4.69, 9.17) is 4.98 Å². The number of H-pyrrole nitrogens is 2. The van der Waals surface area contributed by atoms with Gasteiger partial charge >= 0.3 is 6.18 Å². The van der Waals surface area contributed by atoms with Gasteiger partial charge in [0.05, 0.1) is 11.3 Å². The number of anilines is 1. The van der Waals surface area contributed by atoms with Crippen LogP contribution in [0.4, 0.5) is 19.0 Å². The highest BCUT2D eigenvalue weighted by Crippen LogP contribution is 2.30. The van der Waals surface area contributed by atoms with E-state index in [9.17, 15) is 13.2 Å². The molecule has 0 aromatic carbocycles. The van der Waals surface area contributed by atoms with Gasteiger partial charge in [-0.15, -0.1) is 0 Å². The van der Waals surface area contributed by atoms with Crippen molar-refractivity contribution in [3.63, 3.8) is 0 Å². The van der Waals surface area contributed by atoms with E-state index >= 15 is 0 Å². The molecule has 7 nitrogen and oxygen atoms in total. The molecule has 0 bridgehead atoms. The van der Waals surface area contributed by atoms with Gasteiger partial charge in [-0.2, -0.15) is 18.3 Å². The maximum Gasteiger partial charge on any atom is 0.417 e. The average Bonchev–Trinajstić information content (AvgIpc) is 3.40. The SMILES string of the molecule is CC1CN(Cc2c[nH]nc2-c2nc3c([nH]2)CCCC3)CCN1c1ccc(C(F)(F)F)cn1. The Kier molecular flexibility index (Phi) is 5.40. The van der Waals surface area contributed by atoms with Gasteiger partial charge in [0.1, 0.15) is 11.5 Å². The number of nitrogens with one attached hydrogen (secondary N) is 2. The number of aromatic nitrogens is 5. The van der Waals surface area contributed by atoms with Crippen molar-refractivity contribution in [1.82, 2.24) is 30.0 Å². The molecule has 1 saturated heterocycles. The molecule has 1 fully saturated rings. The number of hydrogen-bond acceptors (Lipinski definition) is 5. The van der Waals surface area contributed by atoms with Crippen molar-refractivity contribution in [2.24, 2.45) is 0 Å². The van der Waals surface area contributed by atoms with Crippen molar-refractivity contribution < 1.29 is 13.2 Å². The summed E-state index contributed by atoms with van der Waals surface area (Å²) in [5.74, 6) is 1.41. The molecule has 0 spiro atoms. The fourth-order valence-electron chi connectivity index (χ4n) is 4.69. The Labute approximate surface area is 184 Å². The molecule has 1 aliphatic carbocycles. The number of fused-ring (bicyclic) bond motifs is 1. The molecule has 32 heavy (non-hydrogen) atoms. The van der Waals surface area contributed by atoms with Crippen LogP contribution in [0.3, 0.4) is 0 Å². The van der Waals surface area contributed by atoms with Crippen LogP contribution in [-0.4, -0.2) is 55.7 Å². The van der Waals surface area contributed by atoms with Gasteiger partial charge in [-0.1, -0.05) is 0 Å². The summed E-state index contributed by atoms with van der Waals surface area (Å²) in [5.41, 5.74) is 3.61. The number of alkyl halides is 3. The van der Waals surface area contributed by atoms with Crippen LogP contribution in [0, 0.1) is 0 Å². The molecule has 3 aromatic rings. The van der Waals surface area contributed by atoms with E-state index in [2.05, 4.69) is 36.9 Å². The summed E-state index contributed by atoms with van der Waals surface area (Å²) in [7, 11) is 0. The summed E-state index contributed by atoms with van der Waals surface area (Å²) in [4.78, 5) is 16.7. The molecular formula is C22H26F3N7. The Bertz CT molecular complexity index is 1050. The molecule has 5 rings (SSSR count). The third-order valence-corrected chi connectivity index (χ3v) is 6.37. The average molecular weight is 445 g/mol. The van der Waals surface area contributed by atoms with Crippen LogP contribution in [0.1, 0.15) is 42.3 Å². The molecule has 1 unspecified atom stereocenters. The van der Waals surface area contributed by atoms with Gasteiger partial charge in [-0.25, -0.2) is 9.97 Å². The summed E-state index contributed by atoms with van der Waals surface area (Å²) >= 11 is 0. The second-order valence-corrected chi connectivity index (χ2v) is 8.66. The second-order valence-electron chi connectivity index (χ2n) is 8.66. The highest BCUT2D eigenvalue weighted by molar-refractivity contribution is 5.55. The van der Waals surface area contributed by atoms with Crippen LogP contribution in [0.5, 0.6) is 0 Å². The fraction of sp³-hybridized carbons (Fsp3) is 0.500. The Hall–Kier alpha value is -2.88. The minimum atomic E-state index is -4.37. The highest BCUT2D eigenvalue weighted by Gasteiger charge is 2.32. The number of imidazole rings is 1.